The number of ether oxygens (including phenoxy) is 1. The third-order valence-corrected chi connectivity index (χ3v) is 3.05. The zero-order valence-corrected chi connectivity index (χ0v) is 12.5. The minimum Gasteiger partial charge on any atom is -0.459 e. The second-order valence-electron chi connectivity index (χ2n) is 5.74. The van der Waals surface area contributed by atoms with Gasteiger partial charge in [0.05, 0.1) is 11.7 Å². The van der Waals surface area contributed by atoms with Crippen LogP contribution in [0, 0.1) is 5.92 Å². The Labute approximate surface area is 116 Å². The fraction of sp³-hybridized carbons (Fsp3) is 0.562. The normalized spacial score (nSPS) is 12.8. The number of esters is 1. The molecule has 1 atom stereocenters. The summed E-state index contributed by atoms with van der Waals surface area (Å²) in [6, 6.07) is 7.91. The minimum atomic E-state index is -0.260. The van der Waals surface area contributed by atoms with E-state index < -0.39 is 0 Å². The van der Waals surface area contributed by atoms with Crippen LogP contribution in [0.25, 0.3) is 0 Å². The van der Waals surface area contributed by atoms with Gasteiger partial charge in [-0.05, 0) is 38.3 Å². The first kappa shape index (κ1) is 15.7. The molecule has 0 aliphatic heterocycles. The lowest BCUT2D eigenvalue weighted by atomic mass is 9.97. The van der Waals surface area contributed by atoms with Gasteiger partial charge < -0.3 is 10.5 Å². The molecule has 19 heavy (non-hydrogen) atoms. The molecule has 3 N–H and O–H groups in total. The van der Waals surface area contributed by atoms with E-state index in [2.05, 4.69) is 19.6 Å². The number of carbonyl (C=O) groups excluding carboxylic acids is 1. The standard InChI is InChI=1S/C16H25NO2/c1-11(2)5-10-15(17)13-6-8-14(9-7-13)16(18)19-12(3)4/h6-9,11-12,15H,5,10,17H2,1-4H3/p+1. The maximum atomic E-state index is 11.7. The van der Waals surface area contributed by atoms with Gasteiger partial charge in [-0.1, -0.05) is 26.0 Å². The van der Waals surface area contributed by atoms with Gasteiger partial charge in [0.1, 0.15) is 6.04 Å². The average Bonchev–Trinajstić information content (AvgIpc) is 2.35. The molecule has 106 valence electrons. The molecular formula is C16H26NO2+. The molecule has 0 heterocycles. The van der Waals surface area contributed by atoms with Crippen LogP contribution in [0.5, 0.6) is 0 Å². The van der Waals surface area contributed by atoms with Gasteiger partial charge in [0.15, 0.2) is 0 Å². The van der Waals surface area contributed by atoms with Crippen LogP contribution in [-0.2, 0) is 4.74 Å². The summed E-state index contributed by atoms with van der Waals surface area (Å²) < 4.78 is 5.16. The van der Waals surface area contributed by atoms with Gasteiger partial charge in [0, 0.05) is 12.0 Å². The van der Waals surface area contributed by atoms with Crippen LogP contribution in [-0.4, -0.2) is 12.1 Å². The predicted octanol–water partition coefficient (Wildman–Crippen LogP) is 2.97. The third kappa shape index (κ3) is 5.43. The Bertz CT molecular complexity index is 396. The average molecular weight is 264 g/mol. The van der Waals surface area contributed by atoms with E-state index in [4.69, 9.17) is 4.74 Å². The van der Waals surface area contributed by atoms with Crippen molar-refractivity contribution in [2.45, 2.75) is 52.7 Å². The lowest BCUT2D eigenvalue weighted by Gasteiger charge is -2.12. The molecule has 0 aromatic heterocycles. The first-order valence-electron chi connectivity index (χ1n) is 7.04. The molecule has 0 bridgehead atoms. The monoisotopic (exact) mass is 264 g/mol. The van der Waals surface area contributed by atoms with Gasteiger partial charge in [-0.15, -0.1) is 0 Å². The van der Waals surface area contributed by atoms with Crippen LogP contribution in [0.3, 0.4) is 0 Å². The Morgan fingerprint density at radius 2 is 1.68 bits per heavy atom. The number of carbonyl (C=O) groups is 1. The quantitative estimate of drug-likeness (QED) is 0.803. The number of rotatable bonds is 6. The van der Waals surface area contributed by atoms with E-state index in [1.165, 1.54) is 12.0 Å². The molecule has 1 unspecified atom stereocenters. The summed E-state index contributed by atoms with van der Waals surface area (Å²) in [5, 5.41) is 0. The SMILES string of the molecule is CC(C)CCC([NH3+])c1ccc(C(=O)OC(C)C)cc1. The summed E-state index contributed by atoms with van der Waals surface area (Å²) in [7, 11) is 0. The zero-order chi connectivity index (χ0) is 14.4. The van der Waals surface area contributed by atoms with Gasteiger partial charge >= 0.3 is 5.97 Å². The summed E-state index contributed by atoms with van der Waals surface area (Å²) in [6.07, 6.45) is 2.16. The van der Waals surface area contributed by atoms with Crippen molar-refractivity contribution in [2.24, 2.45) is 5.92 Å². The molecule has 0 aliphatic carbocycles. The molecule has 1 aromatic rings. The van der Waals surface area contributed by atoms with Crippen LogP contribution in [0.15, 0.2) is 24.3 Å². The molecule has 1 rings (SSSR count). The smallest absolute Gasteiger partial charge is 0.338 e. The first-order valence-corrected chi connectivity index (χ1v) is 7.04. The highest BCUT2D eigenvalue weighted by molar-refractivity contribution is 5.89. The minimum absolute atomic E-state index is 0.0844. The molecule has 0 amide bonds. The lowest BCUT2D eigenvalue weighted by molar-refractivity contribution is -0.428. The van der Waals surface area contributed by atoms with E-state index in [1.54, 1.807) is 0 Å². The molecule has 0 aliphatic rings. The Kier molecular flexibility index (Phi) is 6.03. The van der Waals surface area contributed by atoms with Crippen molar-refractivity contribution in [1.82, 2.24) is 0 Å². The van der Waals surface area contributed by atoms with Crippen LogP contribution in [0.2, 0.25) is 0 Å². The summed E-state index contributed by atoms with van der Waals surface area (Å²) in [6.45, 7) is 8.14. The Morgan fingerprint density at radius 3 is 2.16 bits per heavy atom. The molecule has 0 radical (unpaired) electrons. The van der Waals surface area contributed by atoms with Gasteiger partial charge in [-0.25, -0.2) is 4.79 Å². The van der Waals surface area contributed by atoms with Gasteiger partial charge in [-0.2, -0.15) is 0 Å². The van der Waals surface area contributed by atoms with Crippen molar-refractivity contribution in [3.05, 3.63) is 35.4 Å². The molecule has 0 saturated heterocycles. The van der Waals surface area contributed by atoms with Crippen molar-refractivity contribution in [2.75, 3.05) is 0 Å². The summed E-state index contributed by atoms with van der Waals surface area (Å²) >= 11 is 0. The van der Waals surface area contributed by atoms with E-state index in [1.807, 2.05) is 38.1 Å². The van der Waals surface area contributed by atoms with Crippen LogP contribution in [0.1, 0.15) is 62.5 Å². The molecule has 3 heteroatoms. The maximum Gasteiger partial charge on any atom is 0.338 e. The lowest BCUT2D eigenvalue weighted by Crippen LogP contribution is -2.53. The van der Waals surface area contributed by atoms with Gasteiger partial charge in [0.25, 0.3) is 0 Å². The van der Waals surface area contributed by atoms with Crippen molar-refractivity contribution in [3.8, 4) is 0 Å². The highest BCUT2D eigenvalue weighted by atomic mass is 16.5. The molecule has 0 fully saturated rings. The number of hydrogen-bond donors (Lipinski definition) is 1. The fourth-order valence-corrected chi connectivity index (χ4v) is 1.87. The van der Waals surface area contributed by atoms with Crippen molar-refractivity contribution in [3.63, 3.8) is 0 Å². The van der Waals surface area contributed by atoms with Crippen molar-refractivity contribution < 1.29 is 15.3 Å². The zero-order valence-electron chi connectivity index (χ0n) is 12.5. The summed E-state index contributed by atoms with van der Waals surface area (Å²) in [5.74, 6) is 0.439. The van der Waals surface area contributed by atoms with Crippen LogP contribution < -0.4 is 5.73 Å². The topological polar surface area (TPSA) is 53.9 Å². The van der Waals surface area contributed by atoms with Gasteiger partial charge in [0.2, 0.25) is 0 Å². The van der Waals surface area contributed by atoms with E-state index in [9.17, 15) is 4.79 Å². The first-order chi connectivity index (χ1) is 8.90. The Balaban J connectivity index is 2.63. The fourth-order valence-electron chi connectivity index (χ4n) is 1.87. The van der Waals surface area contributed by atoms with Crippen molar-refractivity contribution in [1.29, 1.82) is 0 Å². The number of hydrogen-bond acceptors (Lipinski definition) is 2. The van der Waals surface area contributed by atoms with Crippen LogP contribution >= 0.6 is 0 Å². The van der Waals surface area contributed by atoms with Gasteiger partial charge in [-0.3, -0.25) is 0 Å². The van der Waals surface area contributed by atoms with E-state index >= 15 is 0 Å². The summed E-state index contributed by atoms with van der Waals surface area (Å²) in [4.78, 5) is 11.7. The van der Waals surface area contributed by atoms with E-state index in [0.717, 1.165) is 6.42 Å². The Hall–Kier alpha value is -1.35. The Morgan fingerprint density at radius 1 is 1.11 bits per heavy atom. The van der Waals surface area contributed by atoms with E-state index in [0.29, 0.717) is 11.5 Å². The van der Waals surface area contributed by atoms with Crippen LogP contribution in [0.4, 0.5) is 0 Å². The highest BCUT2D eigenvalue weighted by Gasteiger charge is 2.13. The third-order valence-electron chi connectivity index (χ3n) is 3.05. The van der Waals surface area contributed by atoms with Crippen molar-refractivity contribution >= 4 is 5.97 Å². The van der Waals surface area contributed by atoms with E-state index in [-0.39, 0.29) is 18.1 Å². The largest absolute Gasteiger partial charge is 0.459 e. The molecule has 3 nitrogen and oxygen atoms in total. The highest BCUT2D eigenvalue weighted by Crippen LogP contribution is 2.18. The predicted molar refractivity (Wildman–Crippen MR) is 76.7 cm³/mol. The maximum absolute atomic E-state index is 11.7. The molecule has 0 spiro atoms. The number of quaternary nitrogens is 1. The molecular weight excluding hydrogens is 238 g/mol. The second-order valence-corrected chi connectivity index (χ2v) is 5.74. The molecule has 1 aromatic carbocycles. The molecule has 0 saturated carbocycles. The summed E-state index contributed by atoms with van der Waals surface area (Å²) in [5.41, 5.74) is 5.97. The number of benzene rings is 1. The second kappa shape index (κ2) is 7.29.